The summed E-state index contributed by atoms with van der Waals surface area (Å²) in [6.07, 6.45) is 4.09. The molecule has 1 N–H and O–H groups in total. The quantitative estimate of drug-likeness (QED) is 0.842. The number of aromatic nitrogens is 3. The maximum absolute atomic E-state index is 12.4. The van der Waals surface area contributed by atoms with Crippen LogP contribution in [0, 0.1) is 5.92 Å². The number of hydrogen-bond donors (Lipinski definition) is 1. The first-order valence-corrected chi connectivity index (χ1v) is 9.50. The highest BCUT2D eigenvalue weighted by Crippen LogP contribution is 2.17. The average Bonchev–Trinajstić information content (AvgIpc) is 3.31. The summed E-state index contributed by atoms with van der Waals surface area (Å²) in [5.41, 5.74) is 0.823. The van der Waals surface area contributed by atoms with Gasteiger partial charge in [-0.2, -0.15) is 0 Å². The lowest BCUT2D eigenvalue weighted by atomic mass is 10.1. The van der Waals surface area contributed by atoms with Gasteiger partial charge in [-0.1, -0.05) is 0 Å². The zero-order valence-corrected chi connectivity index (χ0v) is 15.5. The van der Waals surface area contributed by atoms with Gasteiger partial charge < -0.3 is 20.0 Å². The third-order valence-corrected chi connectivity index (χ3v) is 5.35. The Morgan fingerprint density at radius 1 is 1.26 bits per heavy atom. The Morgan fingerprint density at radius 3 is 2.81 bits per heavy atom. The third-order valence-electron chi connectivity index (χ3n) is 5.35. The molecule has 0 aliphatic carbocycles. The molecule has 9 nitrogen and oxygen atoms in total. The fraction of sp³-hybridized carbons (Fsp3) is 0.556. The molecule has 1 atom stereocenters. The standard InChI is InChI=1S/C18H25N7O2/c1-2-22-13-14(11-17(22)26)12-20-18(27)24-9-7-23(8-10-24)16-4-3-15-19-5-6-25(15)21-16/h3-6,14H,2,7-13H2,1H3,(H,20,27)/t14-/m1/s1. The maximum atomic E-state index is 12.4. The van der Waals surface area contributed by atoms with Crippen molar-refractivity contribution >= 4 is 23.4 Å². The van der Waals surface area contributed by atoms with E-state index in [1.165, 1.54) is 0 Å². The van der Waals surface area contributed by atoms with E-state index in [9.17, 15) is 9.59 Å². The molecule has 9 heteroatoms. The summed E-state index contributed by atoms with van der Waals surface area (Å²) in [5, 5.41) is 7.56. The Hall–Kier alpha value is -2.84. The average molecular weight is 371 g/mol. The van der Waals surface area contributed by atoms with Gasteiger partial charge in [-0.05, 0) is 19.1 Å². The molecule has 27 heavy (non-hydrogen) atoms. The van der Waals surface area contributed by atoms with Crippen LogP contribution >= 0.6 is 0 Å². The van der Waals surface area contributed by atoms with Crippen LogP contribution in [0.25, 0.3) is 5.65 Å². The Kier molecular flexibility index (Phi) is 4.83. The molecule has 0 bridgehead atoms. The molecule has 4 rings (SSSR count). The van der Waals surface area contributed by atoms with E-state index in [2.05, 4.69) is 20.3 Å². The summed E-state index contributed by atoms with van der Waals surface area (Å²) < 4.78 is 1.76. The van der Waals surface area contributed by atoms with Crippen LogP contribution in [0.5, 0.6) is 0 Å². The molecular formula is C18H25N7O2. The molecule has 0 aromatic carbocycles. The van der Waals surface area contributed by atoms with Gasteiger partial charge in [-0.3, -0.25) is 4.79 Å². The van der Waals surface area contributed by atoms with Gasteiger partial charge >= 0.3 is 6.03 Å². The van der Waals surface area contributed by atoms with Gasteiger partial charge in [0.25, 0.3) is 0 Å². The van der Waals surface area contributed by atoms with Crippen molar-refractivity contribution in [2.24, 2.45) is 5.92 Å². The maximum Gasteiger partial charge on any atom is 0.317 e. The first-order valence-electron chi connectivity index (χ1n) is 9.50. The number of urea groups is 1. The van der Waals surface area contributed by atoms with Gasteiger partial charge in [0.2, 0.25) is 5.91 Å². The number of anilines is 1. The third kappa shape index (κ3) is 3.67. The number of amides is 3. The molecule has 2 fully saturated rings. The van der Waals surface area contributed by atoms with Gasteiger partial charge in [-0.25, -0.2) is 14.3 Å². The molecule has 4 heterocycles. The summed E-state index contributed by atoms with van der Waals surface area (Å²) in [7, 11) is 0. The largest absolute Gasteiger partial charge is 0.352 e. The van der Waals surface area contributed by atoms with Gasteiger partial charge in [0.15, 0.2) is 5.65 Å². The van der Waals surface area contributed by atoms with Crippen molar-refractivity contribution in [3.63, 3.8) is 0 Å². The number of nitrogens with one attached hydrogen (secondary N) is 1. The summed E-state index contributed by atoms with van der Waals surface area (Å²) in [4.78, 5) is 34.3. The fourth-order valence-electron chi connectivity index (χ4n) is 3.75. The van der Waals surface area contributed by atoms with E-state index < -0.39 is 0 Å². The molecule has 2 aliphatic heterocycles. The lowest BCUT2D eigenvalue weighted by Gasteiger charge is -2.35. The number of likely N-dealkylation sites (tertiary alicyclic amines) is 1. The monoisotopic (exact) mass is 371 g/mol. The highest BCUT2D eigenvalue weighted by Gasteiger charge is 2.29. The second-order valence-corrected chi connectivity index (χ2v) is 7.08. The number of rotatable bonds is 4. The molecule has 0 radical (unpaired) electrons. The van der Waals surface area contributed by atoms with Crippen LogP contribution in [-0.2, 0) is 4.79 Å². The lowest BCUT2D eigenvalue weighted by Crippen LogP contribution is -2.52. The van der Waals surface area contributed by atoms with Crippen LogP contribution in [-0.4, -0.2) is 82.1 Å². The zero-order valence-electron chi connectivity index (χ0n) is 15.5. The number of hydrogen-bond acceptors (Lipinski definition) is 5. The highest BCUT2D eigenvalue weighted by molar-refractivity contribution is 5.79. The molecule has 2 aliphatic rings. The Labute approximate surface area is 157 Å². The molecule has 2 aromatic heterocycles. The van der Waals surface area contributed by atoms with Crippen molar-refractivity contribution in [1.29, 1.82) is 0 Å². The molecule has 0 saturated carbocycles. The Bertz CT molecular complexity index is 828. The van der Waals surface area contributed by atoms with Crippen molar-refractivity contribution in [2.45, 2.75) is 13.3 Å². The minimum Gasteiger partial charge on any atom is -0.352 e. The lowest BCUT2D eigenvalue weighted by molar-refractivity contribution is -0.127. The smallest absolute Gasteiger partial charge is 0.317 e. The van der Waals surface area contributed by atoms with Crippen LogP contribution in [0.15, 0.2) is 24.5 Å². The Balaban J connectivity index is 1.26. The molecule has 144 valence electrons. The van der Waals surface area contributed by atoms with Gasteiger partial charge in [-0.15, -0.1) is 5.10 Å². The van der Waals surface area contributed by atoms with E-state index in [0.29, 0.717) is 26.1 Å². The van der Waals surface area contributed by atoms with Crippen LogP contribution in [0.2, 0.25) is 0 Å². The molecular weight excluding hydrogens is 346 g/mol. The van der Waals surface area contributed by atoms with Crippen molar-refractivity contribution in [3.05, 3.63) is 24.5 Å². The van der Waals surface area contributed by atoms with Crippen LogP contribution < -0.4 is 10.2 Å². The summed E-state index contributed by atoms with van der Waals surface area (Å²) in [6, 6.07) is 3.87. The van der Waals surface area contributed by atoms with Crippen molar-refractivity contribution in [3.8, 4) is 0 Å². The van der Waals surface area contributed by atoms with E-state index >= 15 is 0 Å². The molecule has 3 amide bonds. The molecule has 0 unspecified atom stereocenters. The van der Waals surface area contributed by atoms with Crippen LogP contribution in [0.3, 0.4) is 0 Å². The highest BCUT2D eigenvalue weighted by atomic mass is 16.2. The van der Waals surface area contributed by atoms with E-state index in [4.69, 9.17) is 0 Å². The SMILES string of the molecule is CCN1C[C@@H](CNC(=O)N2CCN(c3ccc4nccn4n3)CC2)CC1=O. The topological polar surface area (TPSA) is 86.1 Å². The summed E-state index contributed by atoms with van der Waals surface area (Å²) >= 11 is 0. The zero-order chi connectivity index (χ0) is 18.8. The second kappa shape index (κ2) is 7.42. The number of carbonyl (C=O) groups is 2. The van der Waals surface area contributed by atoms with Crippen LogP contribution in [0.1, 0.15) is 13.3 Å². The molecule has 0 spiro atoms. The number of fused-ring (bicyclic) bond motifs is 1. The minimum atomic E-state index is -0.0462. The number of imidazole rings is 1. The number of piperazine rings is 1. The van der Waals surface area contributed by atoms with E-state index in [0.717, 1.165) is 37.6 Å². The molecule has 2 aromatic rings. The normalized spacial score (nSPS) is 20.6. The number of nitrogens with zero attached hydrogens (tertiary/aromatic N) is 6. The fourth-order valence-corrected chi connectivity index (χ4v) is 3.75. The molecule has 2 saturated heterocycles. The first kappa shape index (κ1) is 17.6. The van der Waals surface area contributed by atoms with Crippen LogP contribution in [0.4, 0.5) is 10.6 Å². The van der Waals surface area contributed by atoms with Crippen molar-refractivity contribution < 1.29 is 9.59 Å². The van der Waals surface area contributed by atoms with Gasteiger partial charge in [0, 0.05) is 70.5 Å². The summed E-state index contributed by atoms with van der Waals surface area (Å²) in [5.74, 6) is 1.30. The van der Waals surface area contributed by atoms with Gasteiger partial charge in [0.05, 0.1) is 0 Å². The predicted molar refractivity (Wildman–Crippen MR) is 101 cm³/mol. The Morgan fingerprint density at radius 2 is 2.07 bits per heavy atom. The second-order valence-electron chi connectivity index (χ2n) is 7.08. The van der Waals surface area contributed by atoms with E-state index in [-0.39, 0.29) is 17.9 Å². The minimum absolute atomic E-state index is 0.0462. The van der Waals surface area contributed by atoms with Gasteiger partial charge in [0.1, 0.15) is 5.82 Å². The summed E-state index contributed by atoms with van der Waals surface area (Å²) in [6.45, 7) is 6.81. The van der Waals surface area contributed by atoms with Crippen molar-refractivity contribution in [1.82, 2.24) is 29.7 Å². The predicted octanol–water partition coefficient (Wildman–Crippen LogP) is 0.429. The van der Waals surface area contributed by atoms with E-state index in [1.807, 2.05) is 35.1 Å². The first-order chi connectivity index (χ1) is 13.1. The van der Waals surface area contributed by atoms with E-state index in [1.54, 1.807) is 10.7 Å². The number of carbonyl (C=O) groups excluding carboxylic acids is 2. The van der Waals surface area contributed by atoms with Crippen molar-refractivity contribution in [2.75, 3.05) is 50.7 Å².